The Morgan fingerprint density at radius 3 is 2.40 bits per heavy atom. The molecule has 0 aliphatic rings. The lowest BCUT2D eigenvalue weighted by atomic mass is 10.1. The molecule has 0 spiro atoms. The van der Waals surface area contributed by atoms with Gasteiger partial charge in [-0.05, 0) is 12.8 Å². The lowest BCUT2D eigenvalue weighted by Crippen LogP contribution is -2.22. The Morgan fingerprint density at radius 2 is 2.10 bits per heavy atom. The van der Waals surface area contributed by atoms with Gasteiger partial charge in [0.05, 0.1) is 6.61 Å². The predicted octanol–water partition coefficient (Wildman–Crippen LogP) is 1.81. The van der Waals surface area contributed by atoms with Crippen molar-refractivity contribution in [3.8, 4) is 0 Å². The molecule has 0 N–H and O–H groups in total. The summed E-state index contributed by atoms with van der Waals surface area (Å²) in [6, 6.07) is 0. The molecule has 0 aromatic rings. The maximum atomic E-state index is 10.8. The highest BCUT2D eigenvalue weighted by molar-refractivity contribution is 6.30. The molecule has 60 valence electrons. The van der Waals surface area contributed by atoms with Crippen molar-refractivity contribution in [1.29, 1.82) is 0 Å². The van der Waals surface area contributed by atoms with Crippen molar-refractivity contribution in [3.63, 3.8) is 0 Å². The van der Waals surface area contributed by atoms with Gasteiger partial charge in [0, 0.05) is 0 Å². The van der Waals surface area contributed by atoms with Crippen molar-refractivity contribution >= 4 is 17.6 Å². The van der Waals surface area contributed by atoms with Gasteiger partial charge < -0.3 is 4.74 Å². The van der Waals surface area contributed by atoms with Crippen LogP contribution in [0.25, 0.3) is 0 Å². The van der Waals surface area contributed by atoms with E-state index in [0.29, 0.717) is 6.61 Å². The molecular formula is C7H13ClO2. The molecule has 0 saturated heterocycles. The zero-order chi connectivity index (χ0) is 8.15. The standard InChI is InChI=1S/C7H13ClO2/c1-4-10-7(9)6(8)5(2)3/h5-6H,4H2,1-3H3. The summed E-state index contributed by atoms with van der Waals surface area (Å²) in [6.07, 6.45) is 0. The third kappa shape index (κ3) is 3.06. The van der Waals surface area contributed by atoms with E-state index in [1.807, 2.05) is 13.8 Å². The Bertz CT molecular complexity index is 112. The van der Waals surface area contributed by atoms with Crippen LogP contribution in [-0.4, -0.2) is 18.0 Å². The van der Waals surface area contributed by atoms with Gasteiger partial charge in [0.25, 0.3) is 0 Å². The van der Waals surface area contributed by atoms with Crippen LogP contribution in [-0.2, 0) is 9.53 Å². The fourth-order valence-corrected chi connectivity index (χ4v) is 0.557. The highest BCUT2D eigenvalue weighted by atomic mass is 35.5. The summed E-state index contributed by atoms with van der Waals surface area (Å²) in [5.74, 6) is -0.181. The normalized spacial score (nSPS) is 13.3. The van der Waals surface area contributed by atoms with E-state index in [-0.39, 0.29) is 11.9 Å². The molecule has 3 heteroatoms. The molecule has 2 nitrogen and oxygen atoms in total. The van der Waals surface area contributed by atoms with E-state index < -0.39 is 5.38 Å². The molecule has 0 aliphatic heterocycles. The Kier molecular flexibility index (Phi) is 4.45. The van der Waals surface area contributed by atoms with Crippen molar-refractivity contribution in [3.05, 3.63) is 0 Å². The van der Waals surface area contributed by atoms with Crippen LogP contribution in [0.4, 0.5) is 0 Å². The van der Waals surface area contributed by atoms with Gasteiger partial charge in [0.1, 0.15) is 5.38 Å². The number of ether oxygens (including phenoxy) is 1. The summed E-state index contributed by atoms with van der Waals surface area (Å²) >= 11 is 5.67. The molecule has 0 rings (SSSR count). The molecule has 0 aliphatic carbocycles. The quantitative estimate of drug-likeness (QED) is 0.470. The number of esters is 1. The minimum atomic E-state index is -0.500. The van der Waals surface area contributed by atoms with Gasteiger partial charge in [-0.1, -0.05) is 13.8 Å². The van der Waals surface area contributed by atoms with E-state index in [2.05, 4.69) is 0 Å². The molecule has 0 aromatic carbocycles. The van der Waals surface area contributed by atoms with Gasteiger partial charge >= 0.3 is 5.97 Å². The highest BCUT2D eigenvalue weighted by Gasteiger charge is 2.19. The molecule has 0 radical (unpaired) electrons. The van der Waals surface area contributed by atoms with Gasteiger partial charge in [0.15, 0.2) is 0 Å². The SMILES string of the molecule is CCOC(=O)C(Cl)C(C)C. The number of hydrogen-bond acceptors (Lipinski definition) is 2. The lowest BCUT2D eigenvalue weighted by Gasteiger charge is -2.10. The molecule has 0 bridgehead atoms. The third-order valence-electron chi connectivity index (χ3n) is 1.10. The summed E-state index contributed by atoms with van der Waals surface area (Å²) in [4.78, 5) is 10.8. The van der Waals surface area contributed by atoms with Crippen LogP contribution in [0.1, 0.15) is 20.8 Å². The Balaban J connectivity index is 3.71. The van der Waals surface area contributed by atoms with Gasteiger partial charge in [-0.15, -0.1) is 11.6 Å². The Labute approximate surface area is 66.5 Å². The zero-order valence-corrected chi connectivity index (χ0v) is 7.31. The second-order valence-electron chi connectivity index (χ2n) is 2.40. The van der Waals surface area contributed by atoms with Crippen molar-refractivity contribution in [2.75, 3.05) is 6.61 Å². The van der Waals surface area contributed by atoms with Crippen LogP contribution < -0.4 is 0 Å². The second kappa shape index (κ2) is 4.56. The first-order chi connectivity index (χ1) is 4.59. The van der Waals surface area contributed by atoms with E-state index in [1.54, 1.807) is 6.92 Å². The summed E-state index contributed by atoms with van der Waals surface area (Å²) < 4.78 is 4.69. The predicted molar refractivity (Wildman–Crippen MR) is 41.1 cm³/mol. The van der Waals surface area contributed by atoms with Crippen LogP contribution in [0.15, 0.2) is 0 Å². The van der Waals surface area contributed by atoms with Crippen molar-refractivity contribution in [2.45, 2.75) is 26.1 Å². The van der Waals surface area contributed by atoms with Crippen LogP contribution in [0.2, 0.25) is 0 Å². The molecule has 1 atom stereocenters. The first-order valence-corrected chi connectivity index (χ1v) is 3.84. The third-order valence-corrected chi connectivity index (χ3v) is 1.78. The minimum Gasteiger partial charge on any atom is -0.465 e. The highest BCUT2D eigenvalue weighted by Crippen LogP contribution is 2.10. The molecule has 0 saturated carbocycles. The van der Waals surface area contributed by atoms with E-state index in [0.717, 1.165) is 0 Å². The fourth-order valence-electron chi connectivity index (χ4n) is 0.494. The number of rotatable bonds is 3. The molecule has 0 amide bonds. The first kappa shape index (κ1) is 9.76. The summed E-state index contributed by atoms with van der Waals surface area (Å²) in [5, 5.41) is -0.500. The van der Waals surface area contributed by atoms with Crippen LogP contribution in [0.5, 0.6) is 0 Å². The molecule has 1 unspecified atom stereocenters. The summed E-state index contributed by atoms with van der Waals surface area (Å²) in [7, 11) is 0. The van der Waals surface area contributed by atoms with Gasteiger partial charge in [-0.25, -0.2) is 0 Å². The molecule has 0 heterocycles. The van der Waals surface area contributed by atoms with E-state index in [4.69, 9.17) is 16.3 Å². The molecular weight excluding hydrogens is 152 g/mol. The van der Waals surface area contributed by atoms with Gasteiger partial charge in [-0.2, -0.15) is 0 Å². The van der Waals surface area contributed by atoms with Gasteiger partial charge in [-0.3, -0.25) is 4.79 Å². The van der Waals surface area contributed by atoms with Crippen molar-refractivity contribution in [2.24, 2.45) is 5.92 Å². The largest absolute Gasteiger partial charge is 0.465 e. The van der Waals surface area contributed by atoms with Crippen LogP contribution in [0.3, 0.4) is 0 Å². The second-order valence-corrected chi connectivity index (χ2v) is 2.87. The molecule has 10 heavy (non-hydrogen) atoms. The van der Waals surface area contributed by atoms with Crippen molar-refractivity contribution < 1.29 is 9.53 Å². The monoisotopic (exact) mass is 164 g/mol. The number of alkyl halides is 1. The first-order valence-electron chi connectivity index (χ1n) is 3.40. The average molecular weight is 165 g/mol. The number of hydrogen-bond donors (Lipinski definition) is 0. The number of carbonyl (C=O) groups excluding carboxylic acids is 1. The lowest BCUT2D eigenvalue weighted by molar-refractivity contribution is -0.143. The topological polar surface area (TPSA) is 26.3 Å². The smallest absolute Gasteiger partial charge is 0.324 e. The van der Waals surface area contributed by atoms with Crippen LogP contribution >= 0.6 is 11.6 Å². The number of carbonyl (C=O) groups is 1. The minimum absolute atomic E-state index is 0.140. The molecule has 0 fully saturated rings. The maximum absolute atomic E-state index is 10.8. The Hall–Kier alpha value is -0.240. The maximum Gasteiger partial charge on any atom is 0.324 e. The summed E-state index contributed by atoms with van der Waals surface area (Å²) in [6.45, 7) is 5.93. The molecule has 0 aromatic heterocycles. The van der Waals surface area contributed by atoms with Crippen LogP contribution in [0, 0.1) is 5.92 Å². The average Bonchev–Trinajstić information content (AvgIpc) is 1.87. The van der Waals surface area contributed by atoms with Gasteiger partial charge in [0.2, 0.25) is 0 Å². The van der Waals surface area contributed by atoms with E-state index in [1.165, 1.54) is 0 Å². The number of halogens is 1. The Morgan fingerprint density at radius 1 is 1.60 bits per heavy atom. The van der Waals surface area contributed by atoms with E-state index in [9.17, 15) is 4.79 Å². The van der Waals surface area contributed by atoms with E-state index >= 15 is 0 Å². The fraction of sp³-hybridized carbons (Fsp3) is 0.857. The summed E-state index contributed by atoms with van der Waals surface area (Å²) in [5.41, 5.74) is 0. The zero-order valence-electron chi connectivity index (χ0n) is 6.56. The van der Waals surface area contributed by atoms with Crippen molar-refractivity contribution in [1.82, 2.24) is 0 Å².